The molecule has 1 fully saturated rings. The molecule has 1 atom stereocenters. The minimum atomic E-state index is -4.26. The van der Waals surface area contributed by atoms with Crippen LogP contribution in [0.3, 0.4) is 0 Å². The molecular weight excluding hydrogens is 314 g/mol. The molecule has 0 saturated carbocycles. The Balaban J connectivity index is 1.73. The van der Waals surface area contributed by atoms with Crippen molar-refractivity contribution in [2.75, 3.05) is 19.7 Å². The summed E-state index contributed by atoms with van der Waals surface area (Å²) in [6, 6.07) is 5.93. The molecule has 1 aromatic carbocycles. The fourth-order valence-corrected chi connectivity index (χ4v) is 2.60. The van der Waals surface area contributed by atoms with Crippen molar-refractivity contribution in [2.45, 2.75) is 31.9 Å². The third-order valence-corrected chi connectivity index (χ3v) is 3.87. The molecular formula is C16H19F4NO2. The van der Waals surface area contributed by atoms with Gasteiger partial charge < -0.3 is 9.64 Å². The van der Waals surface area contributed by atoms with Crippen LogP contribution in [0.5, 0.6) is 5.75 Å². The summed E-state index contributed by atoms with van der Waals surface area (Å²) < 4.78 is 56.7. The van der Waals surface area contributed by atoms with Crippen molar-refractivity contribution in [3.63, 3.8) is 0 Å². The van der Waals surface area contributed by atoms with Crippen molar-refractivity contribution in [3.05, 3.63) is 30.1 Å². The molecule has 0 bridgehead atoms. The number of hydrogen-bond acceptors (Lipinski definition) is 2. The molecule has 3 nitrogen and oxygen atoms in total. The predicted octanol–water partition coefficient (Wildman–Crippen LogP) is 3.79. The summed E-state index contributed by atoms with van der Waals surface area (Å²) in [7, 11) is 0. The van der Waals surface area contributed by atoms with E-state index in [0.717, 1.165) is 0 Å². The van der Waals surface area contributed by atoms with Gasteiger partial charge >= 0.3 is 6.18 Å². The van der Waals surface area contributed by atoms with Crippen LogP contribution in [0, 0.1) is 11.7 Å². The maximum Gasteiger partial charge on any atom is 0.393 e. The van der Waals surface area contributed by atoms with Crippen LogP contribution < -0.4 is 4.74 Å². The molecule has 1 aliphatic rings. The Kier molecular flexibility index (Phi) is 5.85. The van der Waals surface area contributed by atoms with Crippen LogP contribution in [0.2, 0.25) is 0 Å². The van der Waals surface area contributed by atoms with Gasteiger partial charge in [-0.3, -0.25) is 4.79 Å². The predicted molar refractivity (Wildman–Crippen MR) is 76.5 cm³/mol. The van der Waals surface area contributed by atoms with E-state index in [1.54, 1.807) is 12.1 Å². The Morgan fingerprint density at radius 2 is 2.04 bits per heavy atom. The summed E-state index contributed by atoms with van der Waals surface area (Å²) in [5.74, 6) is -2.12. The molecule has 2 rings (SSSR count). The maximum atomic E-state index is 13.3. The number of piperidine rings is 1. The van der Waals surface area contributed by atoms with Crippen molar-refractivity contribution in [3.8, 4) is 5.75 Å². The number of para-hydroxylation sites is 1. The van der Waals surface area contributed by atoms with Crippen LogP contribution in [-0.4, -0.2) is 36.7 Å². The van der Waals surface area contributed by atoms with Crippen LogP contribution in [0.15, 0.2) is 24.3 Å². The van der Waals surface area contributed by atoms with E-state index in [0.29, 0.717) is 19.4 Å². The summed E-state index contributed by atoms with van der Waals surface area (Å²) in [5, 5.41) is 0. The number of ether oxygens (including phenoxy) is 1. The van der Waals surface area contributed by atoms with Gasteiger partial charge in [0.25, 0.3) is 0 Å². The minimum Gasteiger partial charge on any atom is -0.491 e. The number of benzene rings is 1. The highest BCUT2D eigenvalue weighted by molar-refractivity contribution is 5.76. The summed E-state index contributed by atoms with van der Waals surface area (Å²) in [6.45, 7) is 0.235. The van der Waals surface area contributed by atoms with Gasteiger partial charge in [-0.15, -0.1) is 0 Å². The average molecular weight is 333 g/mol. The molecule has 0 spiro atoms. The van der Waals surface area contributed by atoms with Gasteiger partial charge in [-0.1, -0.05) is 12.1 Å². The van der Waals surface area contributed by atoms with E-state index in [1.807, 2.05) is 0 Å². The molecule has 1 aromatic rings. The molecule has 1 amide bonds. The summed E-state index contributed by atoms with van der Waals surface area (Å²) >= 11 is 0. The van der Waals surface area contributed by atoms with Gasteiger partial charge in [0.05, 0.1) is 12.5 Å². The Hall–Kier alpha value is -1.79. The van der Waals surface area contributed by atoms with E-state index < -0.39 is 17.9 Å². The number of carbonyl (C=O) groups is 1. The third-order valence-electron chi connectivity index (χ3n) is 3.87. The van der Waals surface area contributed by atoms with Crippen molar-refractivity contribution in [1.82, 2.24) is 4.90 Å². The van der Waals surface area contributed by atoms with Crippen LogP contribution in [0.4, 0.5) is 17.6 Å². The number of nitrogens with zero attached hydrogens (tertiary/aromatic N) is 1. The van der Waals surface area contributed by atoms with Gasteiger partial charge in [-0.2, -0.15) is 13.2 Å². The van der Waals surface area contributed by atoms with Crippen molar-refractivity contribution in [2.24, 2.45) is 5.92 Å². The summed E-state index contributed by atoms with van der Waals surface area (Å²) in [5.41, 5.74) is 0. The lowest BCUT2D eigenvalue weighted by Gasteiger charge is -2.33. The zero-order valence-electron chi connectivity index (χ0n) is 12.6. The lowest BCUT2D eigenvalue weighted by atomic mass is 9.97. The molecule has 128 valence electrons. The van der Waals surface area contributed by atoms with Crippen molar-refractivity contribution >= 4 is 5.91 Å². The highest BCUT2D eigenvalue weighted by atomic mass is 19.4. The highest BCUT2D eigenvalue weighted by Gasteiger charge is 2.42. The van der Waals surface area contributed by atoms with E-state index in [9.17, 15) is 22.4 Å². The maximum absolute atomic E-state index is 13.3. The number of likely N-dealkylation sites (tertiary alicyclic amines) is 1. The Morgan fingerprint density at radius 3 is 2.74 bits per heavy atom. The quantitative estimate of drug-likeness (QED) is 0.606. The SMILES string of the molecule is O=C(CCCOc1ccccc1F)N1CCC[C@@H](C(F)(F)F)C1. The molecule has 0 N–H and O–H groups in total. The Bertz CT molecular complexity index is 533. The minimum absolute atomic E-state index is 0.0731. The molecule has 1 saturated heterocycles. The van der Waals surface area contributed by atoms with Gasteiger partial charge in [0.15, 0.2) is 11.6 Å². The highest BCUT2D eigenvalue weighted by Crippen LogP contribution is 2.33. The number of alkyl halides is 3. The summed E-state index contributed by atoms with van der Waals surface area (Å²) in [6.07, 6.45) is -3.39. The number of halogens is 4. The second-order valence-corrected chi connectivity index (χ2v) is 5.60. The molecule has 0 aromatic heterocycles. The van der Waals surface area contributed by atoms with Crippen LogP contribution in [0.25, 0.3) is 0 Å². The molecule has 0 unspecified atom stereocenters. The summed E-state index contributed by atoms with van der Waals surface area (Å²) in [4.78, 5) is 13.2. The van der Waals surface area contributed by atoms with E-state index >= 15 is 0 Å². The van der Waals surface area contributed by atoms with E-state index in [1.165, 1.54) is 17.0 Å². The number of hydrogen-bond donors (Lipinski definition) is 0. The zero-order chi connectivity index (χ0) is 16.9. The molecule has 0 radical (unpaired) electrons. The van der Waals surface area contributed by atoms with Gasteiger partial charge in [-0.05, 0) is 31.4 Å². The largest absolute Gasteiger partial charge is 0.491 e. The number of carbonyl (C=O) groups excluding carboxylic acids is 1. The zero-order valence-corrected chi connectivity index (χ0v) is 12.6. The first-order valence-electron chi connectivity index (χ1n) is 7.59. The van der Waals surface area contributed by atoms with Gasteiger partial charge in [0, 0.05) is 19.5 Å². The van der Waals surface area contributed by atoms with Gasteiger partial charge in [0.1, 0.15) is 0 Å². The first-order valence-corrected chi connectivity index (χ1v) is 7.59. The van der Waals surface area contributed by atoms with E-state index in [4.69, 9.17) is 4.74 Å². The number of amides is 1. The Labute approximate surface area is 132 Å². The van der Waals surface area contributed by atoms with Crippen LogP contribution >= 0.6 is 0 Å². The second-order valence-electron chi connectivity index (χ2n) is 5.60. The molecule has 1 aliphatic heterocycles. The molecule has 1 heterocycles. The van der Waals surface area contributed by atoms with Gasteiger partial charge in [-0.25, -0.2) is 4.39 Å². The monoisotopic (exact) mass is 333 g/mol. The first-order chi connectivity index (χ1) is 10.9. The van der Waals surface area contributed by atoms with Crippen LogP contribution in [0.1, 0.15) is 25.7 Å². The second kappa shape index (κ2) is 7.66. The molecule has 0 aliphatic carbocycles. The first kappa shape index (κ1) is 17.6. The van der Waals surface area contributed by atoms with Crippen molar-refractivity contribution in [1.29, 1.82) is 0 Å². The van der Waals surface area contributed by atoms with Gasteiger partial charge in [0.2, 0.25) is 5.91 Å². The fourth-order valence-electron chi connectivity index (χ4n) is 2.60. The van der Waals surface area contributed by atoms with E-state index in [2.05, 4.69) is 0 Å². The normalized spacial score (nSPS) is 18.8. The number of rotatable bonds is 5. The smallest absolute Gasteiger partial charge is 0.393 e. The lowest BCUT2D eigenvalue weighted by Crippen LogP contribution is -2.44. The van der Waals surface area contributed by atoms with Crippen molar-refractivity contribution < 1.29 is 27.1 Å². The Morgan fingerprint density at radius 1 is 1.30 bits per heavy atom. The average Bonchev–Trinajstić information content (AvgIpc) is 2.52. The topological polar surface area (TPSA) is 29.5 Å². The van der Waals surface area contributed by atoms with E-state index in [-0.39, 0.29) is 37.6 Å². The third kappa shape index (κ3) is 5.11. The molecule has 7 heteroatoms. The standard InChI is InChI=1S/C16H19F4NO2/c17-13-6-1-2-7-14(13)23-10-4-8-15(22)21-9-3-5-12(11-21)16(18,19)20/h1-2,6-7,12H,3-5,8-11H2/t12-/m1/s1. The lowest BCUT2D eigenvalue weighted by molar-refractivity contribution is -0.188. The molecule has 23 heavy (non-hydrogen) atoms. The van der Waals surface area contributed by atoms with Crippen LogP contribution in [-0.2, 0) is 4.79 Å². The fraction of sp³-hybridized carbons (Fsp3) is 0.562.